The van der Waals surface area contributed by atoms with Crippen molar-refractivity contribution in [1.29, 1.82) is 0 Å². The largest absolute Gasteiger partial charge is 0.618 e. The molecule has 2 aromatic rings. The lowest BCUT2D eigenvalue weighted by molar-refractivity contribution is -0.645. The molecule has 0 aliphatic heterocycles. The molecule has 1 heterocycles. The van der Waals surface area contributed by atoms with E-state index < -0.39 is 11.7 Å². The van der Waals surface area contributed by atoms with Crippen LogP contribution in [0.2, 0.25) is 0 Å². The summed E-state index contributed by atoms with van der Waals surface area (Å²) >= 11 is 1.31. The molecule has 0 N–H and O–H groups in total. The maximum absolute atomic E-state index is 12.5. The first kappa shape index (κ1) is 14.7. The average molecular weight is 299 g/mol. The summed E-state index contributed by atoms with van der Waals surface area (Å²) in [6.07, 6.45) is -2.94. The van der Waals surface area contributed by atoms with Crippen molar-refractivity contribution in [2.24, 2.45) is 0 Å². The molecule has 2 nitrogen and oxygen atoms in total. The number of aromatic nitrogens is 1. The third-order valence-corrected chi connectivity index (χ3v) is 3.98. The number of pyridine rings is 1. The lowest BCUT2D eigenvalue weighted by Crippen LogP contribution is -2.27. The summed E-state index contributed by atoms with van der Waals surface area (Å²) in [5.74, 6) is 0. The van der Waals surface area contributed by atoms with Crippen LogP contribution in [0.3, 0.4) is 0 Å². The van der Waals surface area contributed by atoms with Gasteiger partial charge in [0.2, 0.25) is 0 Å². The van der Waals surface area contributed by atoms with E-state index in [2.05, 4.69) is 0 Å². The fourth-order valence-corrected chi connectivity index (χ4v) is 2.67. The second kappa shape index (κ2) is 5.75. The van der Waals surface area contributed by atoms with Crippen LogP contribution < -0.4 is 4.73 Å². The van der Waals surface area contributed by atoms with Crippen molar-refractivity contribution in [3.63, 3.8) is 0 Å². The highest BCUT2D eigenvalue weighted by atomic mass is 32.2. The van der Waals surface area contributed by atoms with Crippen molar-refractivity contribution in [2.75, 3.05) is 0 Å². The number of thioether (sulfide) groups is 1. The van der Waals surface area contributed by atoms with Crippen molar-refractivity contribution in [3.8, 4) is 0 Å². The molecule has 1 aromatic carbocycles. The maximum Gasteiger partial charge on any atom is 0.416 e. The molecule has 0 saturated carbocycles. The number of rotatable bonds is 3. The van der Waals surface area contributed by atoms with Gasteiger partial charge in [0.15, 0.2) is 6.20 Å². The van der Waals surface area contributed by atoms with Crippen LogP contribution in [0.1, 0.15) is 23.3 Å². The summed E-state index contributed by atoms with van der Waals surface area (Å²) in [6.45, 7) is 1.85. The molecule has 2 rings (SSSR count). The number of benzene rings is 1. The van der Waals surface area contributed by atoms with Crippen molar-refractivity contribution in [1.82, 2.24) is 0 Å². The fraction of sp³-hybridized carbons (Fsp3) is 0.214. The summed E-state index contributed by atoms with van der Waals surface area (Å²) < 4.78 is 38.2. The van der Waals surface area contributed by atoms with E-state index in [1.54, 1.807) is 18.2 Å². The van der Waals surface area contributed by atoms with Gasteiger partial charge in [0.25, 0.3) is 5.03 Å². The molecule has 106 valence electrons. The third kappa shape index (κ3) is 3.45. The van der Waals surface area contributed by atoms with E-state index >= 15 is 0 Å². The Kier molecular flexibility index (Phi) is 4.23. The van der Waals surface area contributed by atoms with Gasteiger partial charge in [-0.25, -0.2) is 0 Å². The van der Waals surface area contributed by atoms with Gasteiger partial charge in [-0.3, -0.25) is 0 Å². The van der Waals surface area contributed by atoms with Crippen LogP contribution in [-0.2, 0) is 6.18 Å². The minimum absolute atomic E-state index is 0.111. The number of nitrogens with zero attached hydrogens (tertiary/aromatic N) is 1. The van der Waals surface area contributed by atoms with Crippen LogP contribution in [-0.4, -0.2) is 0 Å². The fourth-order valence-electron chi connectivity index (χ4n) is 1.70. The quantitative estimate of drug-likeness (QED) is 0.482. The molecule has 0 aliphatic rings. The van der Waals surface area contributed by atoms with Gasteiger partial charge >= 0.3 is 6.18 Å². The Balaban J connectivity index is 2.14. The number of hydrogen-bond acceptors (Lipinski definition) is 2. The molecule has 0 amide bonds. The predicted molar refractivity (Wildman–Crippen MR) is 71.1 cm³/mol. The molecule has 0 bridgehead atoms. The Morgan fingerprint density at radius 3 is 2.30 bits per heavy atom. The van der Waals surface area contributed by atoms with Gasteiger partial charge in [0, 0.05) is 17.4 Å². The molecule has 1 atom stereocenters. The SMILES string of the molecule is C[C@H](Sc1cccc[n+]1[O-])c1ccc(C(F)(F)F)cc1. The normalized spacial score (nSPS) is 13.2. The Hall–Kier alpha value is -1.69. The lowest BCUT2D eigenvalue weighted by atomic mass is 10.1. The van der Waals surface area contributed by atoms with Crippen molar-refractivity contribution >= 4 is 11.8 Å². The standard InChI is InChI=1S/C14H12F3NOS/c1-10(20-13-4-2-3-9-18(13)19)11-5-7-12(8-6-11)14(15,16)17/h2-10H,1H3/t10-/m0/s1. The first-order chi connectivity index (χ1) is 9.38. The van der Waals surface area contributed by atoms with Gasteiger partial charge in [-0.2, -0.15) is 17.9 Å². The van der Waals surface area contributed by atoms with E-state index in [1.807, 2.05) is 6.92 Å². The Morgan fingerprint density at radius 2 is 1.75 bits per heavy atom. The van der Waals surface area contributed by atoms with E-state index in [1.165, 1.54) is 30.1 Å². The molecular weight excluding hydrogens is 287 g/mol. The van der Waals surface area contributed by atoms with E-state index in [9.17, 15) is 18.4 Å². The second-order valence-corrected chi connectivity index (χ2v) is 5.61. The topological polar surface area (TPSA) is 26.9 Å². The molecule has 0 fully saturated rings. The summed E-state index contributed by atoms with van der Waals surface area (Å²) in [7, 11) is 0. The molecule has 0 spiro atoms. The summed E-state index contributed by atoms with van der Waals surface area (Å²) in [4.78, 5) is 0. The van der Waals surface area contributed by atoms with E-state index in [-0.39, 0.29) is 5.25 Å². The van der Waals surface area contributed by atoms with E-state index in [0.717, 1.165) is 22.4 Å². The molecule has 20 heavy (non-hydrogen) atoms. The van der Waals surface area contributed by atoms with Gasteiger partial charge < -0.3 is 5.21 Å². The number of hydrogen-bond donors (Lipinski definition) is 0. The summed E-state index contributed by atoms with van der Waals surface area (Å²) in [5.41, 5.74) is 0.0731. The van der Waals surface area contributed by atoms with Crippen molar-refractivity contribution in [2.45, 2.75) is 23.4 Å². The highest BCUT2D eigenvalue weighted by molar-refractivity contribution is 7.99. The highest BCUT2D eigenvalue weighted by Crippen LogP contribution is 2.35. The van der Waals surface area contributed by atoms with Crippen LogP contribution in [0.5, 0.6) is 0 Å². The first-order valence-electron chi connectivity index (χ1n) is 5.90. The van der Waals surface area contributed by atoms with Gasteiger partial charge in [-0.05, 0) is 42.4 Å². The Morgan fingerprint density at radius 1 is 1.10 bits per heavy atom. The van der Waals surface area contributed by atoms with Crippen molar-refractivity contribution < 1.29 is 17.9 Å². The van der Waals surface area contributed by atoms with Gasteiger partial charge in [0.05, 0.1) is 5.56 Å². The van der Waals surface area contributed by atoms with Crippen LogP contribution in [0.15, 0.2) is 53.7 Å². The lowest BCUT2D eigenvalue weighted by Gasteiger charge is -2.12. The zero-order valence-electron chi connectivity index (χ0n) is 10.6. The molecule has 1 aromatic heterocycles. The predicted octanol–water partition coefficient (Wildman–Crippen LogP) is 4.19. The van der Waals surface area contributed by atoms with Crippen molar-refractivity contribution in [3.05, 3.63) is 65.0 Å². The average Bonchev–Trinajstić information content (AvgIpc) is 2.40. The molecular formula is C14H12F3NOS. The van der Waals surface area contributed by atoms with Gasteiger partial charge in [-0.1, -0.05) is 12.1 Å². The monoisotopic (exact) mass is 299 g/mol. The van der Waals surface area contributed by atoms with E-state index in [4.69, 9.17) is 0 Å². The second-order valence-electron chi connectivity index (χ2n) is 4.24. The first-order valence-corrected chi connectivity index (χ1v) is 6.78. The number of alkyl halides is 3. The summed E-state index contributed by atoms with van der Waals surface area (Å²) in [6, 6.07) is 10.1. The molecule has 0 unspecified atom stereocenters. The zero-order valence-corrected chi connectivity index (χ0v) is 11.4. The Bertz CT molecular complexity index is 584. The highest BCUT2D eigenvalue weighted by Gasteiger charge is 2.30. The molecule has 0 aliphatic carbocycles. The van der Waals surface area contributed by atoms with Gasteiger partial charge in [0.1, 0.15) is 0 Å². The maximum atomic E-state index is 12.5. The zero-order chi connectivity index (χ0) is 14.8. The minimum Gasteiger partial charge on any atom is -0.618 e. The van der Waals surface area contributed by atoms with Crippen LogP contribution in [0.4, 0.5) is 13.2 Å². The molecule has 0 saturated heterocycles. The van der Waals surface area contributed by atoms with Gasteiger partial charge in [-0.15, -0.1) is 0 Å². The number of halogens is 3. The van der Waals surface area contributed by atoms with Crippen LogP contribution >= 0.6 is 11.8 Å². The van der Waals surface area contributed by atoms with Crippen LogP contribution in [0, 0.1) is 5.21 Å². The molecule has 6 heteroatoms. The molecule has 0 radical (unpaired) electrons. The summed E-state index contributed by atoms with van der Waals surface area (Å²) in [5, 5.41) is 11.9. The van der Waals surface area contributed by atoms with E-state index in [0.29, 0.717) is 5.03 Å². The third-order valence-electron chi connectivity index (χ3n) is 2.79. The smallest absolute Gasteiger partial charge is 0.416 e. The van der Waals surface area contributed by atoms with Crippen LogP contribution in [0.25, 0.3) is 0 Å². The minimum atomic E-state index is -4.33. The Labute approximate surface area is 118 Å².